The number of hydrogen-bond donors (Lipinski definition) is 2. The third-order valence-electron chi connectivity index (χ3n) is 4.86. The number of Topliss-reactive ketones (excluding diaryl/α,β-unsaturated/α-hetero) is 1. The van der Waals surface area contributed by atoms with Gasteiger partial charge in [-0.25, -0.2) is 4.79 Å². The summed E-state index contributed by atoms with van der Waals surface area (Å²) in [4.78, 5) is 80.0. The number of ether oxygens (including phenoxy) is 4. The molecule has 0 aliphatic rings. The highest BCUT2D eigenvalue weighted by Gasteiger charge is 2.12. The number of unbranched alkanes of at least 4 members (excludes halogenated alkanes) is 4. The minimum atomic E-state index is -0.700. The van der Waals surface area contributed by atoms with Gasteiger partial charge in [0.2, 0.25) is 11.8 Å². The molecular formula is C26H40N2O11. The average molecular weight is 557 g/mol. The molecule has 0 aliphatic carbocycles. The van der Waals surface area contributed by atoms with Gasteiger partial charge in [0, 0.05) is 32.0 Å². The van der Waals surface area contributed by atoms with Crippen LogP contribution in [0.2, 0.25) is 0 Å². The fourth-order valence-electron chi connectivity index (χ4n) is 2.89. The van der Waals surface area contributed by atoms with E-state index in [4.69, 9.17) is 14.2 Å². The van der Waals surface area contributed by atoms with Gasteiger partial charge in [-0.15, -0.1) is 0 Å². The smallest absolute Gasteiger partial charge is 0.330 e. The summed E-state index contributed by atoms with van der Waals surface area (Å²) in [6.45, 7) is 5.10. The van der Waals surface area contributed by atoms with Crippen molar-refractivity contribution in [3.63, 3.8) is 0 Å². The van der Waals surface area contributed by atoms with Crippen molar-refractivity contribution in [3.8, 4) is 0 Å². The summed E-state index contributed by atoms with van der Waals surface area (Å²) in [5.41, 5.74) is 0. The second-order valence-electron chi connectivity index (χ2n) is 8.41. The third-order valence-corrected chi connectivity index (χ3v) is 4.86. The lowest BCUT2D eigenvalue weighted by Crippen LogP contribution is -2.36. The lowest BCUT2D eigenvalue weighted by Gasteiger charge is -2.08. The fourth-order valence-corrected chi connectivity index (χ4v) is 2.89. The highest BCUT2D eigenvalue weighted by atomic mass is 16.6. The molecule has 0 bridgehead atoms. The highest BCUT2D eigenvalue weighted by molar-refractivity contribution is 5.95. The average Bonchev–Trinajstić information content (AvgIpc) is 2.88. The molecule has 13 nitrogen and oxygen atoms in total. The number of amides is 2. The van der Waals surface area contributed by atoms with Crippen LogP contribution in [0.5, 0.6) is 0 Å². The van der Waals surface area contributed by atoms with Crippen molar-refractivity contribution < 1.29 is 52.5 Å². The largest absolute Gasteiger partial charge is 0.465 e. The Morgan fingerprint density at radius 1 is 0.590 bits per heavy atom. The summed E-state index contributed by atoms with van der Waals surface area (Å²) < 4.78 is 19.5. The Labute approximate surface area is 228 Å². The second kappa shape index (κ2) is 23.4. The molecule has 2 N–H and O–H groups in total. The van der Waals surface area contributed by atoms with Gasteiger partial charge < -0.3 is 34.4 Å². The quantitative estimate of drug-likeness (QED) is 0.0604. The predicted octanol–water partition coefficient (Wildman–Crippen LogP) is 1.07. The zero-order valence-electron chi connectivity index (χ0n) is 22.6. The maximum absolute atomic E-state index is 11.8. The first-order valence-electron chi connectivity index (χ1n) is 12.9. The first-order valence-corrected chi connectivity index (χ1v) is 12.9. The lowest BCUT2D eigenvalue weighted by molar-refractivity contribution is -0.150. The number of ketones is 1. The first kappa shape index (κ1) is 35.2. The molecule has 0 aromatic rings. The van der Waals surface area contributed by atoms with Crippen molar-refractivity contribution in [2.45, 2.75) is 71.1 Å². The zero-order valence-corrected chi connectivity index (χ0v) is 22.6. The molecule has 39 heavy (non-hydrogen) atoms. The Morgan fingerprint density at radius 3 is 1.54 bits per heavy atom. The van der Waals surface area contributed by atoms with E-state index >= 15 is 0 Å². The molecule has 0 aliphatic heterocycles. The molecule has 0 saturated heterocycles. The number of hydrogen-bond acceptors (Lipinski definition) is 11. The maximum Gasteiger partial charge on any atom is 0.330 e. The van der Waals surface area contributed by atoms with E-state index in [0.717, 1.165) is 18.9 Å². The number of nitrogens with one attached hydrogen (secondary N) is 2. The second-order valence-corrected chi connectivity index (χ2v) is 8.41. The van der Waals surface area contributed by atoms with E-state index in [0.29, 0.717) is 32.1 Å². The molecule has 0 radical (unpaired) electrons. The topological polar surface area (TPSA) is 180 Å². The Balaban J connectivity index is 3.66. The van der Waals surface area contributed by atoms with Gasteiger partial charge in [-0.1, -0.05) is 6.58 Å². The molecule has 0 heterocycles. The molecule has 0 spiro atoms. The van der Waals surface area contributed by atoms with Crippen LogP contribution in [0.4, 0.5) is 0 Å². The van der Waals surface area contributed by atoms with Crippen LogP contribution >= 0.6 is 0 Å². The molecule has 13 heteroatoms. The fraction of sp³-hybridized carbons (Fsp3) is 0.654. The van der Waals surface area contributed by atoms with Crippen LogP contribution in [0, 0.1) is 0 Å². The predicted molar refractivity (Wildman–Crippen MR) is 137 cm³/mol. The van der Waals surface area contributed by atoms with Crippen molar-refractivity contribution in [1.82, 2.24) is 10.6 Å². The van der Waals surface area contributed by atoms with Gasteiger partial charge in [0.05, 0.1) is 13.2 Å². The van der Waals surface area contributed by atoms with Crippen molar-refractivity contribution in [1.29, 1.82) is 0 Å². The maximum atomic E-state index is 11.8. The molecule has 2 amide bonds. The Morgan fingerprint density at radius 2 is 1.05 bits per heavy atom. The van der Waals surface area contributed by atoms with Gasteiger partial charge in [0.25, 0.3) is 0 Å². The molecule has 0 fully saturated rings. The highest BCUT2D eigenvalue weighted by Crippen LogP contribution is 2.03. The number of carbonyl (C=O) groups excluding carboxylic acids is 7. The SMILES string of the molecule is C=CC(=O)OCCOC(=O)CCCCCOC(=O)CC(=O)NCCNC(=O)CC(=O)OCCCCCC(C)=O. The van der Waals surface area contributed by atoms with E-state index in [1.54, 1.807) is 0 Å². The van der Waals surface area contributed by atoms with Gasteiger partial charge in [-0.05, 0) is 45.4 Å². The van der Waals surface area contributed by atoms with Crippen molar-refractivity contribution in [2.24, 2.45) is 0 Å². The Bertz CT molecular complexity index is 827. The normalized spacial score (nSPS) is 10.1. The number of rotatable bonds is 23. The van der Waals surface area contributed by atoms with Crippen LogP contribution in [0.25, 0.3) is 0 Å². The van der Waals surface area contributed by atoms with Gasteiger partial charge in [-0.3, -0.25) is 24.0 Å². The molecule has 0 aromatic carbocycles. The monoisotopic (exact) mass is 556 g/mol. The molecule has 0 saturated carbocycles. The molecule has 0 unspecified atom stereocenters. The van der Waals surface area contributed by atoms with E-state index in [1.807, 2.05) is 0 Å². The van der Waals surface area contributed by atoms with E-state index in [9.17, 15) is 33.6 Å². The molecule has 220 valence electrons. The zero-order chi connectivity index (χ0) is 29.3. The Kier molecular flexibility index (Phi) is 21.1. The van der Waals surface area contributed by atoms with E-state index in [1.165, 1.54) is 6.92 Å². The van der Waals surface area contributed by atoms with Crippen LogP contribution in [0.15, 0.2) is 12.7 Å². The summed E-state index contributed by atoms with van der Waals surface area (Å²) in [6.07, 6.45) is 4.50. The summed E-state index contributed by atoms with van der Waals surface area (Å²) in [7, 11) is 0. The Hall–Kier alpha value is -3.77. The number of esters is 4. The van der Waals surface area contributed by atoms with Gasteiger partial charge >= 0.3 is 23.9 Å². The van der Waals surface area contributed by atoms with Gasteiger partial charge in [-0.2, -0.15) is 0 Å². The van der Waals surface area contributed by atoms with Gasteiger partial charge in [0.15, 0.2) is 0 Å². The molecule has 0 aromatic heterocycles. The van der Waals surface area contributed by atoms with Crippen molar-refractivity contribution in [3.05, 3.63) is 12.7 Å². The molecular weight excluding hydrogens is 516 g/mol. The van der Waals surface area contributed by atoms with Crippen molar-refractivity contribution >= 4 is 41.5 Å². The van der Waals surface area contributed by atoms with Gasteiger partial charge in [0.1, 0.15) is 31.8 Å². The summed E-state index contributed by atoms with van der Waals surface area (Å²) in [5, 5.41) is 4.92. The van der Waals surface area contributed by atoms with E-state index in [-0.39, 0.29) is 51.7 Å². The van der Waals surface area contributed by atoms with Crippen LogP contribution in [-0.4, -0.2) is 81.0 Å². The minimum Gasteiger partial charge on any atom is -0.465 e. The summed E-state index contributed by atoms with van der Waals surface area (Å²) >= 11 is 0. The summed E-state index contributed by atoms with van der Waals surface area (Å²) in [6, 6.07) is 0. The van der Waals surface area contributed by atoms with Crippen LogP contribution in [-0.2, 0) is 52.5 Å². The first-order chi connectivity index (χ1) is 18.6. The van der Waals surface area contributed by atoms with Crippen LogP contribution in [0.1, 0.15) is 71.1 Å². The third kappa shape index (κ3) is 24.3. The lowest BCUT2D eigenvalue weighted by atomic mass is 10.1. The molecule has 0 rings (SSSR count). The van der Waals surface area contributed by atoms with E-state index < -0.39 is 48.5 Å². The minimum absolute atomic E-state index is 0.0372. The molecule has 0 atom stereocenters. The van der Waals surface area contributed by atoms with Crippen LogP contribution in [0.3, 0.4) is 0 Å². The van der Waals surface area contributed by atoms with Crippen molar-refractivity contribution in [2.75, 3.05) is 39.5 Å². The number of carbonyl (C=O) groups is 7. The van der Waals surface area contributed by atoms with E-state index in [2.05, 4.69) is 21.9 Å². The van der Waals surface area contributed by atoms with Crippen LogP contribution < -0.4 is 10.6 Å². The standard InChI is InChI=1S/C26H40N2O11/c1-3-23(32)38-16-17-39-24(33)11-7-5-9-15-37-26(35)19-22(31)28-13-12-27-21(30)18-25(34)36-14-8-4-6-10-20(2)29/h3H,1,4-19H2,2H3,(H,27,30)(H,28,31). The summed E-state index contributed by atoms with van der Waals surface area (Å²) in [5.74, 6) is -3.38.